The molecule has 0 aliphatic rings. The quantitative estimate of drug-likeness (QED) is 0.858. The lowest BCUT2D eigenvalue weighted by Crippen LogP contribution is -1.99. The zero-order chi connectivity index (χ0) is 11.4. The van der Waals surface area contributed by atoms with E-state index >= 15 is 0 Å². The first-order valence-electron chi connectivity index (χ1n) is 4.87. The summed E-state index contributed by atoms with van der Waals surface area (Å²) in [5.74, 6) is 0.261. The van der Waals surface area contributed by atoms with Crippen LogP contribution >= 0.6 is 11.6 Å². The van der Waals surface area contributed by atoms with Crippen molar-refractivity contribution in [1.82, 2.24) is 4.98 Å². The van der Waals surface area contributed by atoms with Crippen molar-refractivity contribution < 1.29 is 5.11 Å². The van der Waals surface area contributed by atoms with Crippen molar-refractivity contribution in [2.45, 2.75) is 6.54 Å². The third-order valence-corrected chi connectivity index (χ3v) is 2.49. The van der Waals surface area contributed by atoms with Gasteiger partial charge in [-0.05, 0) is 23.8 Å². The number of aromatic nitrogens is 1. The third-order valence-electron chi connectivity index (χ3n) is 2.16. The molecule has 0 spiro atoms. The summed E-state index contributed by atoms with van der Waals surface area (Å²) in [4.78, 5) is 3.98. The van der Waals surface area contributed by atoms with E-state index in [4.69, 9.17) is 11.6 Å². The molecule has 16 heavy (non-hydrogen) atoms. The Balaban J connectivity index is 2.05. The van der Waals surface area contributed by atoms with E-state index in [1.807, 2.05) is 6.07 Å². The first-order valence-corrected chi connectivity index (χ1v) is 5.25. The summed E-state index contributed by atoms with van der Waals surface area (Å²) in [6.45, 7) is 0.597. The second-order valence-electron chi connectivity index (χ2n) is 3.38. The maximum atomic E-state index is 9.30. The van der Waals surface area contributed by atoms with E-state index in [1.54, 1.807) is 36.7 Å². The van der Waals surface area contributed by atoms with Crippen molar-refractivity contribution in [2.75, 3.05) is 5.32 Å². The van der Waals surface area contributed by atoms with Gasteiger partial charge in [0.2, 0.25) is 0 Å². The second kappa shape index (κ2) is 4.86. The summed E-state index contributed by atoms with van der Waals surface area (Å²) in [5.41, 5.74) is 1.77. The van der Waals surface area contributed by atoms with Crippen LogP contribution in [0.1, 0.15) is 5.56 Å². The van der Waals surface area contributed by atoms with Crippen LogP contribution in [0.15, 0.2) is 42.7 Å². The molecule has 1 aromatic heterocycles. The van der Waals surface area contributed by atoms with Crippen LogP contribution in [-0.4, -0.2) is 10.1 Å². The van der Waals surface area contributed by atoms with Crippen LogP contribution < -0.4 is 5.32 Å². The number of pyridine rings is 1. The van der Waals surface area contributed by atoms with E-state index in [-0.39, 0.29) is 5.75 Å². The summed E-state index contributed by atoms with van der Waals surface area (Å²) in [5, 5.41) is 13.1. The smallest absolute Gasteiger partial charge is 0.115 e. The SMILES string of the molecule is Oc1cccc(CNc2cnccc2Cl)c1. The molecule has 2 aromatic rings. The Morgan fingerprint density at radius 3 is 2.94 bits per heavy atom. The lowest BCUT2D eigenvalue weighted by Gasteiger charge is -2.07. The number of halogens is 1. The maximum Gasteiger partial charge on any atom is 0.115 e. The van der Waals surface area contributed by atoms with Gasteiger partial charge in [0.25, 0.3) is 0 Å². The normalized spacial score (nSPS) is 10.1. The molecule has 0 bridgehead atoms. The summed E-state index contributed by atoms with van der Waals surface area (Å²) in [6.07, 6.45) is 3.31. The molecule has 2 N–H and O–H groups in total. The molecule has 0 saturated carbocycles. The Kier molecular flexibility index (Phi) is 3.27. The first-order chi connectivity index (χ1) is 7.75. The molecule has 0 aliphatic carbocycles. The Labute approximate surface area is 98.7 Å². The van der Waals surface area contributed by atoms with Crippen LogP contribution in [0.5, 0.6) is 5.75 Å². The van der Waals surface area contributed by atoms with Crippen LogP contribution in [0, 0.1) is 0 Å². The molecule has 0 atom stereocenters. The number of benzene rings is 1. The van der Waals surface area contributed by atoms with Gasteiger partial charge in [-0.25, -0.2) is 0 Å². The van der Waals surface area contributed by atoms with Gasteiger partial charge >= 0.3 is 0 Å². The van der Waals surface area contributed by atoms with E-state index in [9.17, 15) is 5.11 Å². The largest absolute Gasteiger partial charge is 0.508 e. The topological polar surface area (TPSA) is 45.1 Å². The fourth-order valence-corrected chi connectivity index (χ4v) is 1.54. The molecule has 82 valence electrons. The highest BCUT2D eigenvalue weighted by Gasteiger charge is 1.99. The molecule has 2 rings (SSSR count). The minimum atomic E-state index is 0.261. The van der Waals surface area contributed by atoms with Gasteiger partial charge in [-0.3, -0.25) is 4.98 Å². The first kappa shape index (κ1) is 10.8. The molecule has 0 radical (unpaired) electrons. The van der Waals surface area contributed by atoms with Crippen LogP contribution in [0.2, 0.25) is 5.02 Å². The van der Waals surface area contributed by atoms with Crippen molar-refractivity contribution in [3.05, 3.63) is 53.3 Å². The number of rotatable bonds is 3. The molecule has 0 aliphatic heterocycles. The van der Waals surface area contributed by atoms with Crippen LogP contribution in [0.25, 0.3) is 0 Å². The third kappa shape index (κ3) is 2.64. The van der Waals surface area contributed by atoms with E-state index in [1.165, 1.54) is 0 Å². The number of nitrogens with zero attached hydrogens (tertiary/aromatic N) is 1. The Bertz CT molecular complexity index is 488. The predicted octanol–water partition coefficient (Wildman–Crippen LogP) is 3.05. The Morgan fingerprint density at radius 1 is 1.31 bits per heavy atom. The van der Waals surface area contributed by atoms with E-state index in [0.29, 0.717) is 11.6 Å². The summed E-state index contributed by atoms with van der Waals surface area (Å²) >= 11 is 5.97. The monoisotopic (exact) mass is 234 g/mol. The fraction of sp³-hybridized carbons (Fsp3) is 0.0833. The minimum Gasteiger partial charge on any atom is -0.508 e. The van der Waals surface area contributed by atoms with E-state index < -0.39 is 0 Å². The molecule has 0 fully saturated rings. The average Bonchev–Trinajstić information content (AvgIpc) is 2.28. The zero-order valence-corrected chi connectivity index (χ0v) is 9.28. The van der Waals surface area contributed by atoms with Gasteiger partial charge in [0.1, 0.15) is 5.75 Å². The second-order valence-corrected chi connectivity index (χ2v) is 3.79. The summed E-state index contributed by atoms with van der Waals surface area (Å²) < 4.78 is 0. The van der Waals surface area contributed by atoms with Gasteiger partial charge in [0, 0.05) is 12.7 Å². The molecule has 4 heteroatoms. The van der Waals surface area contributed by atoms with Crippen LogP contribution in [-0.2, 0) is 6.54 Å². The maximum absolute atomic E-state index is 9.30. The lowest BCUT2D eigenvalue weighted by molar-refractivity contribution is 0.474. The number of nitrogens with one attached hydrogen (secondary N) is 1. The standard InChI is InChI=1S/C12H11ClN2O/c13-11-4-5-14-8-12(11)15-7-9-2-1-3-10(16)6-9/h1-6,8,15-16H,7H2. The Hall–Kier alpha value is -1.74. The van der Waals surface area contributed by atoms with Crippen molar-refractivity contribution >= 4 is 17.3 Å². The highest BCUT2D eigenvalue weighted by molar-refractivity contribution is 6.33. The fourth-order valence-electron chi connectivity index (χ4n) is 1.37. The van der Waals surface area contributed by atoms with Crippen LogP contribution in [0.4, 0.5) is 5.69 Å². The van der Waals surface area contributed by atoms with Gasteiger partial charge in [0.15, 0.2) is 0 Å². The molecular formula is C12H11ClN2O. The molecule has 0 amide bonds. The summed E-state index contributed by atoms with van der Waals surface area (Å²) in [6, 6.07) is 8.80. The molecular weight excluding hydrogens is 224 g/mol. The van der Waals surface area contributed by atoms with Crippen molar-refractivity contribution in [2.24, 2.45) is 0 Å². The zero-order valence-electron chi connectivity index (χ0n) is 8.52. The molecule has 0 unspecified atom stereocenters. The van der Waals surface area contributed by atoms with Gasteiger partial charge in [-0.1, -0.05) is 23.7 Å². The predicted molar refractivity (Wildman–Crippen MR) is 64.7 cm³/mol. The van der Waals surface area contributed by atoms with Crippen LogP contribution in [0.3, 0.4) is 0 Å². The Morgan fingerprint density at radius 2 is 2.19 bits per heavy atom. The average molecular weight is 235 g/mol. The lowest BCUT2D eigenvalue weighted by atomic mass is 10.2. The van der Waals surface area contributed by atoms with Gasteiger partial charge in [0.05, 0.1) is 16.9 Å². The number of phenolic OH excluding ortho intramolecular Hbond substituents is 1. The molecule has 3 nitrogen and oxygen atoms in total. The number of hydrogen-bond donors (Lipinski definition) is 2. The molecule has 1 aromatic carbocycles. The van der Waals surface area contributed by atoms with Gasteiger partial charge in [-0.15, -0.1) is 0 Å². The number of anilines is 1. The van der Waals surface area contributed by atoms with Crippen molar-refractivity contribution in [1.29, 1.82) is 0 Å². The highest BCUT2D eigenvalue weighted by Crippen LogP contribution is 2.20. The molecule has 0 saturated heterocycles. The van der Waals surface area contributed by atoms with Crippen molar-refractivity contribution in [3.63, 3.8) is 0 Å². The summed E-state index contributed by atoms with van der Waals surface area (Å²) in [7, 11) is 0. The van der Waals surface area contributed by atoms with Gasteiger partial charge in [-0.2, -0.15) is 0 Å². The number of aromatic hydroxyl groups is 1. The van der Waals surface area contributed by atoms with Crippen molar-refractivity contribution in [3.8, 4) is 5.75 Å². The highest BCUT2D eigenvalue weighted by atomic mass is 35.5. The van der Waals surface area contributed by atoms with Gasteiger partial charge < -0.3 is 10.4 Å². The number of phenols is 1. The van der Waals surface area contributed by atoms with E-state index in [2.05, 4.69) is 10.3 Å². The molecule has 1 heterocycles. The van der Waals surface area contributed by atoms with E-state index in [0.717, 1.165) is 11.3 Å². The minimum absolute atomic E-state index is 0.261. The number of hydrogen-bond acceptors (Lipinski definition) is 3.